The smallest absolute Gasteiger partial charge is 0.253 e. The summed E-state index contributed by atoms with van der Waals surface area (Å²) in [5.41, 5.74) is 0.588. The minimum Gasteiger partial charge on any atom is -0.349 e. The summed E-state index contributed by atoms with van der Waals surface area (Å²) >= 11 is 0. The number of piperidine rings is 1. The first kappa shape index (κ1) is 13.8. The molecule has 2 aromatic heterocycles. The molecule has 1 aliphatic rings. The van der Waals surface area contributed by atoms with E-state index in [4.69, 9.17) is 0 Å². The maximum Gasteiger partial charge on any atom is 0.253 e. The van der Waals surface area contributed by atoms with Crippen molar-refractivity contribution < 1.29 is 4.79 Å². The molecule has 110 valence electrons. The molecule has 2 aromatic rings. The molecule has 1 amide bonds. The van der Waals surface area contributed by atoms with E-state index in [1.807, 2.05) is 12.3 Å². The molecule has 1 aliphatic heterocycles. The third-order valence-corrected chi connectivity index (χ3v) is 3.88. The van der Waals surface area contributed by atoms with Crippen molar-refractivity contribution in [2.24, 2.45) is 5.92 Å². The number of carbonyl (C=O) groups excluding carboxylic acids is 1. The van der Waals surface area contributed by atoms with E-state index in [1.54, 1.807) is 29.4 Å². The number of amides is 1. The molecule has 3 heterocycles. The normalized spacial score (nSPS) is 22.0. The van der Waals surface area contributed by atoms with E-state index in [0.29, 0.717) is 11.5 Å². The van der Waals surface area contributed by atoms with E-state index in [1.165, 1.54) is 0 Å². The Kier molecular flexibility index (Phi) is 3.96. The molecule has 1 fully saturated rings. The van der Waals surface area contributed by atoms with E-state index in [0.717, 1.165) is 25.3 Å². The summed E-state index contributed by atoms with van der Waals surface area (Å²) in [6.45, 7) is 4.05. The second kappa shape index (κ2) is 6.05. The number of nitrogens with zero attached hydrogens (tertiary/aromatic N) is 3. The molecule has 0 aromatic carbocycles. The van der Waals surface area contributed by atoms with Crippen molar-refractivity contribution in [3.63, 3.8) is 0 Å². The van der Waals surface area contributed by atoms with E-state index in [9.17, 15) is 4.79 Å². The van der Waals surface area contributed by atoms with Crippen LogP contribution >= 0.6 is 0 Å². The van der Waals surface area contributed by atoms with Crippen molar-refractivity contribution in [2.45, 2.75) is 19.4 Å². The Morgan fingerprint density at radius 3 is 3.05 bits per heavy atom. The molecule has 6 heteroatoms. The Bertz CT molecular complexity index is 593. The minimum atomic E-state index is -0.0570. The molecular weight excluding hydrogens is 266 g/mol. The summed E-state index contributed by atoms with van der Waals surface area (Å²) in [5, 5.41) is 6.43. The average Bonchev–Trinajstić information content (AvgIpc) is 3.04. The van der Waals surface area contributed by atoms with Crippen LogP contribution in [0.25, 0.3) is 5.82 Å². The van der Waals surface area contributed by atoms with Crippen molar-refractivity contribution >= 4 is 5.91 Å². The predicted octanol–water partition coefficient (Wildman–Crippen LogP) is 0.995. The van der Waals surface area contributed by atoms with Crippen LogP contribution in [0, 0.1) is 5.92 Å². The third kappa shape index (κ3) is 3.11. The van der Waals surface area contributed by atoms with E-state index >= 15 is 0 Å². The van der Waals surface area contributed by atoms with Gasteiger partial charge in [0.1, 0.15) is 12.1 Å². The minimum absolute atomic E-state index is 0.0570. The van der Waals surface area contributed by atoms with Crippen LogP contribution in [0.2, 0.25) is 0 Å². The number of nitrogens with one attached hydrogen (secondary N) is 2. The number of hydrogen-bond donors (Lipinski definition) is 2. The second-order valence-electron chi connectivity index (χ2n) is 5.43. The molecule has 2 unspecified atom stereocenters. The number of rotatable bonds is 3. The van der Waals surface area contributed by atoms with Crippen molar-refractivity contribution in [1.82, 2.24) is 25.2 Å². The zero-order chi connectivity index (χ0) is 14.7. The number of aromatic nitrogens is 3. The highest BCUT2D eigenvalue weighted by Gasteiger charge is 2.23. The van der Waals surface area contributed by atoms with Crippen molar-refractivity contribution in [3.05, 3.63) is 42.6 Å². The fourth-order valence-electron chi connectivity index (χ4n) is 2.55. The lowest BCUT2D eigenvalue weighted by Gasteiger charge is -2.30. The van der Waals surface area contributed by atoms with Crippen LogP contribution in [0.4, 0.5) is 0 Å². The van der Waals surface area contributed by atoms with Crippen LogP contribution in [-0.2, 0) is 0 Å². The fourth-order valence-corrected chi connectivity index (χ4v) is 2.55. The molecule has 2 N–H and O–H groups in total. The van der Waals surface area contributed by atoms with Gasteiger partial charge in [0.25, 0.3) is 5.91 Å². The van der Waals surface area contributed by atoms with Gasteiger partial charge in [0, 0.05) is 24.6 Å². The van der Waals surface area contributed by atoms with E-state index in [-0.39, 0.29) is 11.9 Å². The molecule has 3 rings (SSSR count). The summed E-state index contributed by atoms with van der Waals surface area (Å²) in [5.74, 6) is 1.14. The predicted molar refractivity (Wildman–Crippen MR) is 79.3 cm³/mol. The van der Waals surface area contributed by atoms with Gasteiger partial charge >= 0.3 is 0 Å². The summed E-state index contributed by atoms with van der Waals surface area (Å²) in [7, 11) is 0. The first-order chi connectivity index (χ1) is 10.2. The number of hydrogen-bond acceptors (Lipinski definition) is 4. The van der Waals surface area contributed by atoms with Crippen LogP contribution in [0.1, 0.15) is 23.7 Å². The zero-order valence-corrected chi connectivity index (χ0v) is 12.0. The molecule has 0 radical (unpaired) electrons. The number of carbonyl (C=O) groups is 1. The van der Waals surface area contributed by atoms with Crippen molar-refractivity contribution in [3.8, 4) is 5.82 Å². The van der Waals surface area contributed by atoms with Crippen molar-refractivity contribution in [1.29, 1.82) is 0 Å². The molecule has 2 atom stereocenters. The Hall–Kier alpha value is -2.21. The van der Waals surface area contributed by atoms with Crippen LogP contribution < -0.4 is 10.6 Å². The lowest BCUT2D eigenvalue weighted by Crippen LogP contribution is -2.48. The van der Waals surface area contributed by atoms with Gasteiger partial charge in [-0.1, -0.05) is 6.92 Å². The SMILES string of the molecule is CC1CNCCC1NC(=O)c1ccc(-n2ccnc2)nc1. The molecule has 1 saturated heterocycles. The maximum atomic E-state index is 12.3. The molecule has 21 heavy (non-hydrogen) atoms. The summed E-state index contributed by atoms with van der Waals surface area (Å²) < 4.78 is 1.80. The second-order valence-corrected chi connectivity index (χ2v) is 5.43. The van der Waals surface area contributed by atoms with Crippen LogP contribution in [-0.4, -0.2) is 39.6 Å². The third-order valence-electron chi connectivity index (χ3n) is 3.88. The van der Waals surface area contributed by atoms with Crippen LogP contribution in [0.3, 0.4) is 0 Å². The van der Waals surface area contributed by atoms with Gasteiger partial charge in [-0.25, -0.2) is 9.97 Å². The summed E-state index contributed by atoms with van der Waals surface area (Å²) in [4.78, 5) is 20.5. The highest BCUT2D eigenvalue weighted by atomic mass is 16.1. The monoisotopic (exact) mass is 285 g/mol. The Morgan fingerprint density at radius 2 is 2.38 bits per heavy atom. The topological polar surface area (TPSA) is 71.8 Å². The first-order valence-electron chi connectivity index (χ1n) is 7.20. The van der Waals surface area contributed by atoms with Crippen molar-refractivity contribution in [2.75, 3.05) is 13.1 Å². The van der Waals surface area contributed by atoms with Gasteiger partial charge < -0.3 is 10.6 Å². The number of imidazole rings is 1. The van der Waals surface area contributed by atoms with Crippen LogP contribution in [0.5, 0.6) is 0 Å². The highest BCUT2D eigenvalue weighted by molar-refractivity contribution is 5.94. The van der Waals surface area contributed by atoms with Gasteiger partial charge in [-0.2, -0.15) is 0 Å². The Morgan fingerprint density at radius 1 is 1.48 bits per heavy atom. The summed E-state index contributed by atoms with van der Waals surface area (Å²) in [6, 6.07) is 3.85. The highest BCUT2D eigenvalue weighted by Crippen LogP contribution is 2.12. The molecule has 0 bridgehead atoms. The van der Waals surface area contributed by atoms with Gasteiger partial charge in [-0.3, -0.25) is 9.36 Å². The first-order valence-corrected chi connectivity index (χ1v) is 7.20. The van der Waals surface area contributed by atoms with Gasteiger partial charge in [0.15, 0.2) is 0 Å². The van der Waals surface area contributed by atoms with E-state index < -0.39 is 0 Å². The molecular formula is C15H19N5O. The number of pyridine rings is 1. The fraction of sp³-hybridized carbons (Fsp3) is 0.400. The Labute approximate surface area is 123 Å². The van der Waals surface area contributed by atoms with Gasteiger partial charge in [0.05, 0.1) is 5.56 Å². The lowest BCUT2D eigenvalue weighted by molar-refractivity contribution is 0.0914. The van der Waals surface area contributed by atoms with Crippen LogP contribution in [0.15, 0.2) is 37.1 Å². The molecule has 6 nitrogen and oxygen atoms in total. The molecule has 0 aliphatic carbocycles. The Balaban J connectivity index is 1.67. The van der Waals surface area contributed by atoms with E-state index in [2.05, 4.69) is 27.5 Å². The van der Waals surface area contributed by atoms with Gasteiger partial charge in [-0.15, -0.1) is 0 Å². The average molecular weight is 285 g/mol. The van der Waals surface area contributed by atoms with Gasteiger partial charge in [-0.05, 0) is 37.6 Å². The zero-order valence-electron chi connectivity index (χ0n) is 12.0. The lowest BCUT2D eigenvalue weighted by atomic mass is 9.95. The van der Waals surface area contributed by atoms with Gasteiger partial charge in [0.2, 0.25) is 0 Å². The maximum absolute atomic E-state index is 12.3. The molecule has 0 spiro atoms. The quantitative estimate of drug-likeness (QED) is 0.882. The summed E-state index contributed by atoms with van der Waals surface area (Å²) in [6.07, 6.45) is 7.77. The standard InChI is InChI=1S/C15H19N5O/c1-11-8-16-5-4-13(11)19-15(21)12-2-3-14(18-9-12)20-7-6-17-10-20/h2-3,6-7,9-11,13,16H,4-5,8H2,1H3,(H,19,21). The largest absolute Gasteiger partial charge is 0.349 e. The molecule has 0 saturated carbocycles.